The molecule has 1 fully saturated rings. The van der Waals surface area contributed by atoms with Crippen LogP contribution in [0.4, 0.5) is 0 Å². The lowest BCUT2D eigenvalue weighted by atomic mass is 9.74. The molecule has 0 aliphatic heterocycles. The SMILES string of the molecule is Cc1ccc2cc(C(N)C3CC(N)C3)ccc2c1. The number of rotatable bonds is 2. The van der Waals surface area contributed by atoms with Gasteiger partial charge >= 0.3 is 0 Å². The van der Waals surface area contributed by atoms with E-state index < -0.39 is 0 Å². The molecular formula is C16H20N2. The molecule has 0 bridgehead atoms. The third-order valence-corrected chi connectivity index (χ3v) is 4.12. The number of aryl methyl sites for hydroxylation is 1. The number of hydrogen-bond acceptors (Lipinski definition) is 2. The third kappa shape index (κ3) is 2.02. The van der Waals surface area contributed by atoms with Crippen molar-refractivity contribution >= 4 is 10.8 Å². The first-order valence-corrected chi connectivity index (χ1v) is 6.65. The van der Waals surface area contributed by atoms with Crippen molar-refractivity contribution in [3.05, 3.63) is 47.5 Å². The topological polar surface area (TPSA) is 52.0 Å². The van der Waals surface area contributed by atoms with Crippen molar-refractivity contribution in [2.75, 3.05) is 0 Å². The molecule has 0 radical (unpaired) electrons. The minimum Gasteiger partial charge on any atom is -0.328 e. The Morgan fingerprint density at radius 3 is 2.44 bits per heavy atom. The lowest BCUT2D eigenvalue weighted by molar-refractivity contribution is 0.224. The van der Waals surface area contributed by atoms with Crippen molar-refractivity contribution < 1.29 is 0 Å². The molecule has 2 nitrogen and oxygen atoms in total. The van der Waals surface area contributed by atoms with Gasteiger partial charge in [-0.25, -0.2) is 0 Å². The first kappa shape index (κ1) is 11.7. The first-order chi connectivity index (χ1) is 8.63. The van der Waals surface area contributed by atoms with E-state index in [9.17, 15) is 0 Å². The molecule has 0 amide bonds. The molecule has 94 valence electrons. The molecule has 1 aliphatic carbocycles. The second-order valence-corrected chi connectivity index (χ2v) is 5.63. The number of nitrogens with two attached hydrogens (primary N) is 2. The highest BCUT2D eigenvalue weighted by Crippen LogP contribution is 2.36. The van der Waals surface area contributed by atoms with E-state index in [1.54, 1.807) is 0 Å². The van der Waals surface area contributed by atoms with Crippen molar-refractivity contribution in [3.63, 3.8) is 0 Å². The minimum atomic E-state index is 0.135. The van der Waals surface area contributed by atoms with Crippen LogP contribution in [0.2, 0.25) is 0 Å². The number of fused-ring (bicyclic) bond motifs is 1. The Morgan fingerprint density at radius 2 is 1.72 bits per heavy atom. The van der Waals surface area contributed by atoms with Crippen molar-refractivity contribution in [2.24, 2.45) is 17.4 Å². The van der Waals surface area contributed by atoms with Crippen LogP contribution in [0, 0.1) is 12.8 Å². The van der Waals surface area contributed by atoms with Crippen LogP contribution < -0.4 is 11.5 Å². The van der Waals surface area contributed by atoms with Crippen molar-refractivity contribution in [3.8, 4) is 0 Å². The predicted molar refractivity (Wildman–Crippen MR) is 76.3 cm³/mol. The average molecular weight is 240 g/mol. The van der Waals surface area contributed by atoms with E-state index in [4.69, 9.17) is 11.5 Å². The summed E-state index contributed by atoms with van der Waals surface area (Å²) in [7, 11) is 0. The van der Waals surface area contributed by atoms with Crippen LogP contribution in [0.3, 0.4) is 0 Å². The summed E-state index contributed by atoms with van der Waals surface area (Å²) in [6.07, 6.45) is 2.13. The van der Waals surface area contributed by atoms with Crippen LogP contribution in [-0.2, 0) is 0 Å². The summed E-state index contributed by atoms with van der Waals surface area (Å²) >= 11 is 0. The summed E-state index contributed by atoms with van der Waals surface area (Å²) in [6, 6.07) is 13.6. The Labute approximate surface area is 108 Å². The summed E-state index contributed by atoms with van der Waals surface area (Å²) in [5.74, 6) is 0.558. The molecule has 1 aliphatic rings. The van der Waals surface area contributed by atoms with E-state index in [0.29, 0.717) is 12.0 Å². The van der Waals surface area contributed by atoms with Crippen LogP contribution in [0.5, 0.6) is 0 Å². The molecule has 2 heteroatoms. The maximum absolute atomic E-state index is 6.33. The molecule has 2 aromatic carbocycles. The second kappa shape index (κ2) is 4.38. The van der Waals surface area contributed by atoms with Crippen LogP contribution >= 0.6 is 0 Å². The zero-order valence-corrected chi connectivity index (χ0v) is 10.8. The monoisotopic (exact) mass is 240 g/mol. The molecule has 0 aromatic heterocycles. The van der Waals surface area contributed by atoms with Crippen LogP contribution in [0.25, 0.3) is 10.8 Å². The maximum Gasteiger partial charge on any atom is 0.0324 e. The van der Waals surface area contributed by atoms with Gasteiger partial charge in [0.2, 0.25) is 0 Å². The van der Waals surface area contributed by atoms with Crippen LogP contribution in [0.15, 0.2) is 36.4 Å². The first-order valence-electron chi connectivity index (χ1n) is 6.65. The third-order valence-electron chi connectivity index (χ3n) is 4.12. The van der Waals surface area contributed by atoms with Crippen LogP contribution in [-0.4, -0.2) is 6.04 Å². The van der Waals surface area contributed by atoms with Gasteiger partial charge in [-0.15, -0.1) is 0 Å². The molecule has 1 unspecified atom stereocenters. The highest BCUT2D eigenvalue weighted by molar-refractivity contribution is 5.83. The van der Waals surface area contributed by atoms with E-state index in [2.05, 4.69) is 43.3 Å². The zero-order valence-electron chi connectivity index (χ0n) is 10.8. The number of hydrogen-bond donors (Lipinski definition) is 2. The quantitative estimate of drug-likeness (QED) is 0.848. The molecule has 1 saturated carbocycles. The minimum absolute atomic E-state index is 0.135. The highest BCUT2D eigenvalue weighted by atomic mass is 14.7. The Morgan fingerprint density at radius 1 is 1.06 bits per heavy atom. The molecule has 0 heterocycles. The van der Waals surface area contributed by atoms with Gasteiger partial charge in [0.05, 0.1) is 0 Å². The van der Waals surface area contributed by atoms with E-state index >= 15 is 0 Å². The lowest BCUT2D eigenvalue weighted by Crippen LogP contribution is -2.41. The van der Waals surface area contributed by atoms with Gasteiger partial charge in [0.15, 0.2) is 0 Å². The van der Waals surface area contributed by atoms with Crippen molar-refractivity contribution in [2.45, 2.75) is 31.8 Å². The van der Waals surface area contributed by atoms with Gasteiger partial charge in [-0.1, -0.05) is 35.9 Å². The summed E-state index contributed by atoms with van der Waals surface area (Å²) in [6.45, 7) is 2.12. The summed E-state index contributed by atoms with van der Waals surface area (Å²) in [4.78, 5) is 0. The normalized spacial score (nSPS) is 24.8. The second-order valence-electron chi connectivity index (χ2n) is 5.63. The van der Waals surface area contributed by atoms with Crippen molar-refractivity contribution in [1.29, 1.82) is 0 Å². The molecule has 1 atom stereocenters. The number of benzene rings is 2. The summed E-state index contributed by atoms with van der Waals surface area (Å²) < 4.78 is 0. The van der Waals surface area contributed by atoms with E-state index in [1.165, 1.54) is 21.9 Å². The van der Waals surface area contributed by atoms with E-state index in [0.717, 1.165) is 12.8 Å². The fraction of sp³-hybridized carbons (Fsp3) is 0.375. The van der Waals surface area contributed by atoms with Gasteiger partial charge < -0.3 is 11.5 Å². The van der Waals surface area contributed by atoms with Gasteiger partial charge in [-0.05, 0) is 48.1 Å². The zero-order chi connectivity index (χ0) is 12.7. The Hall–Kier alpha value is -1.38. The van der Waals surface area contributed by atoms with Gasteiger partial charge in [-0.2, -0.15) is 0 Å². The van der Waals surface area contributed by atoms with E-state index in [1.807, 2.05) is 0 Å². The summed E-state index contributed by atoms with van der Waals surface area (Å²) in [5.41, 5.74) is 14.7. The highest BCUT2D eigenvalue weighted by Gasteiger charge is 2.31. The maximum atomic E-state index is 6.33. The smallest absolute Gasteiger partial charge is 0.0324 e. The molecule has 3 rings (SSSR count). The molecular weight excluding hydrogens is 220 g/mol. The van der Waals surface area contributed by atoms with Gasteiger partial charge in [-0.3, -0.25) is 0 Å². The Kier molecular flexibility index (Phi) is 2.84. The predicted octanol–water partition coefficient (Wildman–Crippen LogP) is 2.89. The fourth-order valence-electron chi connectivity index (χ4n) is 2.87. The lowest BCUT2D eigenvalue weighted by Gasteiger charge is -2.37. The van der Waals surface area contributed by atoms with Crippen LogP contribution in [0.1, 0.15) is 30.0 Å². The molecule has 0 spiro atoms. The Bertz CT molecular complexity index is 570. The Balaban J connectivity index is 1.91. The molecule has 18 heavy (non-hydrogen) atoms. The standard InChI is InChI=1S/C16H20N2/c1-10-2-3-12-7-13(5-4-11(12)6-10)16(18)14-8-15(17)9-14/h2-7,14-16H,8-9,17-18H2,1H3. The molecule has 2 aromatic rings. The van der Waals surface area contributed by atoms with Gasteiger partial charge in [0.1, 0.15) is 0 Å². The van der Waals surface area contributed by atoms with Gasteiger partial charge in [0.25, 0.3) is 0 Å². The average Bonchev–Trinajstić information content (AvgIpc) is 2.33. The largest absolute Gasteiger partial charge is 0.328 e. The summed E-state index contributed by atoms with van der Waals surface area (Å²) in [5, 5.41) is 2.56. The molecule has 4 N–H and O–H groups in total. The van der Waals surface area contributed by atoms with Crippen molar-refractivity contribution in [1.82, 2.24) is 0 Å². The van der Waals surface area contributed by atoms with Gasteiger partial charge in [0, 0.05) is 12.1 Å². The fourth-order valence-corrected chi connectivity index (χ4v) is 2.87. The molecule has 0 saturated heterocycles. The van der Waals surface area contributed by atoms with E-state index in [-0.39, 0.29) is 6.04 Å².